The van der Waals surface area contributed by atoms with E-state index in [1.807, 2.05) is 12.1 Å². The average Bonchev–Trinajstić information content (AvgIpc) is 3.22. The molecule has 1 aliphatic rings. The summed E-state index contributed by atoms with van der Waals surface area (Å²) in [5.74, 6) is -1.09. The van der Waals surface area contributed by atoms with Gasteiger partial charge in [0.2, 0.25) is 5.91 Å². The minimum Gasteiger partial charge on any atom is -0.352 e. The summed E-state index contributed by atoms with van der Waals surface area (Å²) in [5, 5.41) is 5.00. The first-order chi connectivity index (χ1) is 15.4. The second-order valence-electron chi connectivity index (χ2n) is 8.02. The van der Waals surface area contributed by atoms with Gasteiger partial charge in [0.25, 0.3) is 0 Å². The molecule has 1 unspecified atom stereocenters. The molecule has 1 aromatic carbocycles. The number of carbonyl (C=O) groups excluding carboxylic acids is 1. The van der Waals surface area contributed by atoms with Gasteiger partial charge in [-0.05, 0) is 24.3 Å². The zero-order valence-electron chi connectivity index (χ0n) is 17.8. The average molecular weight is 436 g/mol. The summed E-state index contributed by atoms with van der Waals surface area (Å²) >= 11 is 0. The number of rotatable bonds is 3. The summed E-state index contributed by atoms with van der Waals surface area (Å²) in [7, 11) is 0. The van der Waals surface area contributed by atoms with Crippen molar-refractivity contribution >= 4 is 28.3 Å². The van der Waals surface area contributed by atoms with Crippen LogP contribution in [0.15, 0.2) is 42.7 Å². The molecule has 9 heteroatoms. The van der Waals surface area contributed by atoms with E-state index in [0.29, 0.717) is 37.5 Å². The van der Waals surface area contributed by atoms with Crippen molar-refractivity contribution in [1.29, 1.82) is 0 Å². The van der Waals surface area contributed by atoms with E-state index < -0.39 is 17.6 Å². The summed E-state index contributed by atoms with van der Waals surface area (Å²) in [6.07, 6.45) is 3.12. The zero-order valence-corrected chi connectivity index (χ0v) is 17.8. The number of piperazine rings is 1. The number of hydrogen-bond donors (Lipinski definition) is 0. The molecule has 5 rings (SSSR count). The highest BCUT2D eigenvalue weighted by molar-refractivity contribution is 5.80. The Bertz CT molecular complexity index is 1330. The van der Waals surface area contributed by atoms with Crippen LogP contribution in [0.3, 0.4) is 0 Å². The molecule has 164 valence electrons. The second-order valence-corrected chi connectivity index (χ2v) is 8.02. The fraction of sp³-hybridized carbons (Fsp3) is 0.304. The molecule has 0 N–H and O–H groups in total. The number of anilines is 1. The fourth-order valence-electron chi connectivity index (χ4n) is 4.31. The summed E-state index contributed by atoms with van der Waals surface area (Å²) in [5.41, 5.74) is 1.43. The van der Waals surface area contributed by atoms with E-state index >= 15 is 4.39 Å². The molecule has 4 aromatic rings. The van der Waals surface area contributed by atoms with E-state index in [4.69, 9.17) is 5.10 Å². The summed E-state index contributed by atoms with van der Waals surface area (Å²) in [6.45, 7) is 5.90. The first-order valence-electron chi connectivity index (χ1n) is 10.5. The van der Waals surface area contributed by atoms with Crippen molar-refractivity contribution in [3.8, 4) is 0 Å². The predicted octanol–water partition coefficient (Wildman–Crippen LogP) is 3.38. The molecule has 1 amide bonds. The molecule has 1 aliphatic heterocycles. The van der Waals surface area contributed by atoms with Crippen molar-refractivity contribution in [2.45, 2.75) is 19.8 Å². The van der Waals surface area contributed by atoms with Crippen LogP contribution in [0.5, 0.6) is 0 Å². The topological polar surface area (TPSA) is 66.6 Å². The number of hydrogen-bond acceptors (Lipinski definition) is 5. The van der Waals surface area contributed by atoms with Crippen molar-refractivity contribution in [1.82, 2.24) is 24.5 Å². The molecule has 0 spiro atoms. The monoisotopic (exact) mass is 436 g/mol. The number of imidazole rings is 1. The van der Waals surface area contributed by atoms with Crippen LogP contribution in [-0.4, -0.2) is 56.6 Å². The van der Waals surface area contributed by atoms with Crippen LogP contribution in [0.25, 0.3) is 16.6 Å². The van der Waals surface area contributed by atoms with Crippen LogP contribution in [0.1, 0.15) is 31.0 Å². The van der Waals surface area contributed by atoms with Crippen LogP contribution in [0, 0.1) is 11.6 Å². The number of nitrogens with zero attached hydrogens (tertiary/aromatic N) is 6. The maximum atomic E-state index is 15.3. The third-order valence-corrected chi connectivity index (χ3v) is 6.13. The Hall–Kier alpha value is -3.62. The van der Waals surface area contributed by atoms with Gasteiger partial charge in [0.15, 0.2) is 5.65 Å². The lowest BCUT2D eigenvalue weighted by atomic mass is 9.95. The lowest BCUT2D eigenvalue weighted by Gasteiger charge is -2.34. The molecule has 0 saturated carbocycles. The van der Waals surface area contributed by atoms with Gasteiger partial charge in [-0.15, -0.1) is 5.10 Å². The Morgan fingerprint density at radius 1 is 1.09 bits per heavy atom. The number of carbonyl (C=O) groups is 1. The Morgan fingerprint density at radius 3 is 2.62 bits per heavy atom. The lowest BCUT2D eigenvalue weighted by molar-refractivity contribution is -0.129. The second kappa shape index (κ2) is 7.81. The number of fused-ring (bicyclic) bond motifs is 2. The number of halogens is 2. The van der Waals surface area contributed by atoms with Gasteiger partial charge in [0, 0.05) is 62.2 Å². The maximum Gasteiger partial charge on any atom is 0.219 e. The number of amides is 1. The molecular formula is C23H22F2N6O. The fourth-order valence-corrected chi connectivity index (χ4v) is 4.31. The minimum atomic E-state index is -0.646. The van der Waals surface area contributed by atoms with Crippen LogP contribution in [0.2, 0.25) is 0 Å². The zero-order chi connectivity index (χ0) is 22.4. The van der Waals surface area contributed by atoms with Crippen LogP contribution in [0.4, 0.5) is 14.6 Å². The van der Waals surface area contributed by atoms with E-state index in [0.717, 1.165) is 5.82 Å². The van der Waals surface area contributed by atoms with Gasteiger partial charge in [-0.2, -0.15) is 0 Å². The van der Waals surface area contributed by atoms with E-state index in [1.165, 1.54) is 12.3 Å². The van der Waals surface area contributed by atoms with E-state index in [9.17, 15) is 9.18 Å². The minimum absolute atomic E-state index is 0.0328. The smallest absolute Gasteiger partial charge is 0.219 e. The number of pyridine rings is 1. The van der Waals surface area contributed by atoms with E-state index in [-0.39, 0.29) is 22.4 Å². The van der Waals surface area contributed by atoms with Gasteiger partial charge in [-0.3, -0.25) is 9.78 Å². The molecule has 32 heavy (non-hydrogen) atoms. The third kappa shape index (κ3) is 3.34. The molecular weight excluding hydrogens is 414 g/mol. The third-order valence-electron chi connectivity index (χ3n) is 6.13. The molecule has 0 aliphatic carbocycles. The predicted molar refractivity (Wildman–Crippen MR) is 117 cm³/mol. The Morgan fingerprint density at radius 2 is 1.88 bits per heavy atom. The highest BCUT2D eigenvalue weighted by atomic mass is 19.1. The van der Waals surface area contributed by atoms with Crippen molar-refractivity contribution < 1.29 is 13.6 Å². The highest BCUT2D eigenvalue weighted by Gasteiger charge is 2.25. The van der Waals surface area contributed by atoms with Crippen LogP contribution < -0.4 is 4.90 Å². The molecule has 7 nitrogen and oxygen atoms in total. The summed E-state index contributed by atoms with van der Waals surface area (Å²) in [6, 6.07) is 8.21. The molecule has 1 saturated heterocycles. The quantitative estimate of drug-likeness (QED) is 0.493. The van der Waals surface area contributed by atoms with Crippen molar-refractivity contribution in [3.05, 3.63) is 65.6 Å². The summed E-state index contributed by atoms with van der Waals surface area (Å²) < 4.78 is 31.8. The van der Waals surface area contributed by atoms with Gasteiger partial charge >= 0.3 is 0 Å². The van der Waals surface area contributed by atoms with E-state index in [2.05, 4.69) is 14.9 Å². The van der Waals surface area contributed by atoms with Gasteiger partial charge in [-0.1, -0.05) is 6.92 Å². The molecule has 3 aromatic heterocycles. The first kappa shape index (κ1) is 20.3. The largest absolute Gasteiger partial charge is 0.352 e. The number of aromatic nitrogens is 4. The Labute approximate surface area is 183 Å². The SMILES string of the molecule is CC(=O)N1CCN(c2ccc3ncc(C(C)c4c(F)cc5ncccc5c4F)n3n2)CC1. The van der Waals surface area contributed by atoms with Crippen molar-refractivity contribution in [2.24, 2.45) is 0 Å². The Balaban J connectivity index is 1.52. The normalized spacial score (nSPS) is 15.5. The number of benzene rings is 1. The molecule has 1 atom stereocenters. The molecule has 0 bridgehead atoms. The van der Waals surface area contributed by atoms with Crippen LogP contribution in [-0.2, 0) is 4.79 Å². The summed E-state index contributed by atoms with van der Waals surface area (Å²) in [4.78, 5) is 23.9. The maximum absolute atomic E-state index is 15.3. The van der Waals surface area contributed by atoms with Gasteiger partial charge in [0.1, 0.15) is 17.5 Å². The molecule has 0 radical (unpaired) electrons. The lowest BCUT2D eigenvalue weighted by Crippen LogP contribution is -2.48. The van der Waals surface area contributed by atoms with Gasteiger partial charge in [0.05, 0.1) is 17.4 Å². The molecule has 1 fully saturated rings. The Kier molecular flexibility index (Phi) is 4.96. The first-order valence-corrected chi connectivity index (χ1v) is 10.5. The van der Waals surface area contributed by atoms with Gasteiger partial charge < -0.3 is 9.80 Å². The van der Waals surface area contributed by atoms with Gasteiger partial charge in [-0.25, -0.2) is 18.3 Å². The standard InChI is InChI=1S/C23H22F2N6O/c1-14(22-17(24)12-18-16(23(22)25)4-3-7-26-18)19-13-27-20-5-6-21(28-31(19)20)30-10-8-29(9-11-30)15(2)32/h3-7,12-14H,8-11H2,1-2H3. The van der Waals surface area contributed by atoms with Crippen molar-refractivity contribution in [3.63, 3.8) is 0 Å². The van der Waals surface area contributed by atoms with E-state index in [1.54, 1.807) is 41.6 Å². The van der Waals surface area contributed by atoms with Crippen LogP contribution >= 0.6 is 0 Å². The molecule has 4 heterocycles. The van der Waals surface area contributed by atoms with Crippen molar-refractivity contribution in [2.75, 3.05) is 31.1 Å². The highest BCUT2D eigenvalue weighted by Crippen LogP contribution is 2.33.